The van der Waals surface area contributed by atoms with Crippen molar-refractivity contribution in [3.05, 3.63) is 11.1 Å². The average molecular weight is 472 g/mol. The Kier molecular flexibility index (Phi) is 5.01. The molecule has 2 saturated heterocycles. The first kappa shape index (κ1) is 22.6. The van der Waals surface area contributed by atoms with Crippen molar-refractivity contribution in [2.24, 2.45) is 40.4 Å². The van der Waals surface area contributed by atoms with Crippen molar-refractivity contribution < 1.29 is 28.6 Å². The van der Waals surface area contributed by atoms with Crippen molar-refractivity contribution in [3.63, 3.8) is 0 Å². The maximum absolute atomic E-state index is 13.2. The number of nitrogens with zero attached hydrogens (tertiary/aromatic N) is 1. The van der Waals surface area contributed by atoms with Crippen LogP contribution in [0.4, 0.5) is 0 Å². The molecule has 0 unspecified atom stereocenters. The molecule has 2 aliphatic heterocycles. The van der Waals surface area contributed by atoms with Gasteiger partial charge in [-0.25, -0.2) is 0 Å². The number of methoxy groups -OCH3 is 1. The van der Waals surface area contributed by atoms with Crippen LogP contribution in [-0.2, 0) is 28.6 Å². The number of ether oxygens (including phenoxy) is 3. The second-order valence-electron chi connectivity index (χ2n) is 11.9. The largest absolute Gasteiger partial charge is 0.469 e. The number of allylic oxidation sites excluding steroid dienone is 1. The molecule has 2 heterocycles. The van der Waals surface area contributed by atoms with E-state index >= 15 is 0 Å². The van der Waals surface area contributed by atoms with E-state index in [1.165, 1.54) is 32.1 Å². The third kappa shape index (κ3) is 2.65. The lowest BCUT2D eigenvalue weighted by Crippen LogP contribution is -2.73. The van der Waals surface area contributed by atoms with Crippen LogP contribution in [0, 0.1) is 40.4 Å². The van der Waals surface area contributed by atoms with E-state index in [0.717, 1.165) is 45.2 Å². The fourth-order valence-electron chi connectivity index (χ4n) is 10.0. The van der Waals surface area contributed by atoms with Crippen LogP contribution in [-0.4, -0.2) is 61.8 Å². The standard InChI is InChI=1S/C27H37NO6/c1-14-11-28-12-18-7-5-17-6-8-19-21(25(31)32-4)10-26(23(17)19)24(28)20(14)9-22(34-16(3)30)27(18,26)13-33-15(2)29/h14,18-22,24H,5-13H2,1-4H3/t14-,18-,19-,20-,21-,22-,24+,26+,27-/m1/s1. The van der Waals surface area contributed by atoms with E-state index in [1.807, 2.05) is 0 Å². The highest BCUT2D eigenvalue weighted by Crippen LogP contribution is 2.77. The minimum absolute atomic E-state index is 0.122. The molecule has 7 heteroatoms. The fraction of sp³-hybridized carbons (Fsp3) is 0.815. The second-order valence-corrected chi connectivity index (χ2v) is 11.9. The Balaban J connectivity index is 1.62. The van der Waals surface area contributed by atoms with Gasteiger partial charge in [0.15, 0.2) is 0 Å². The Hall–Kier alpha value is -1.89. The first-order valence-corrected chi connectivity index (χ1v) is 13.1. The van der Waals surface area contributed by atoms with Crippen LogP contribution in [0.2, 0.25) is 0 Å². The molecule has 6 aliphatic rings. The molecule has 0 amide bonds. The molecule has 7 nitrogen and oxygen atoms in total. The molecular weight excluding hydrogens is 434 g/mol. The average Bonchev–Trinajstić information content (AvgIpc) is 3.42. The van der Waals surface area contributed by atoms with Crippen molar-refractivity contribution >= 4 is 17.9 Å². The van der Waals surface area contributed by atoms with E-state index in [1.54, 1.807) is 0 Å². The molecule has 0 aromatic heterocycles. The lowest BCUT2D eigenvalue weighted by molar-refractivity contribution is -0.239. The van der Waals surface area contributed by atoms with Gasteiger partial charge in [0.1, 0.15) is 12.7 Å². The monoisotopic (exact) mass is 471 g/mol. The Bertz CT molecular complexity index is 974. The summed E-state index contributed by atoms with van der Waals surface area (Å²) in [5.74, 6) is 0.432. The SMILES string of the molecule is COC(=O)[C@@H]1C[C@@]23C4=C(CC[C@@H]5CN6C[C@@H](C)[C@@H](C[C@@H](OC(C)=O)[C@@]52COC(C)=O)[C@H]63)CC[C@@H]41. The molecule has 0 radical (unpaired) electrons. The third-order valence-corrected chi connectivity index (χ3v) is 10.8. The highest BCUT2D eigenvalue weighted by Gasteiger charge is 2.79. The predicted octanol–water partition coefficient (Wildman–Crippen LogP) is 3.12. The van der Waals surface area contributed by atoms with E-state index in [2.05, 4.69) is 11.8 Å². The van der Waals surface area contributed by atoms with Gasteiger partial charge in [0.2, 0.25) is 0 Å². The van der Waals surface area contributed by atoms with Crippen LogP contribution >= 0.6 is 0 Å². The number of rotatable bonds is 4. The minimum atomic E-state index is -0.505. The molecule has 34 heavy (non-hydrogen) atoms. The van der Waals surface area contributed by atoms with Crippen LogP contribution in [0.5, 0.6) is 0 Å². The topological polar surface area (TPSA) is 82.1 Å². The smallest absolute Gasteiger partial charge is 0.309 e. The van der Waals surface area contributed by atoms with E-state index in [0.29, 0.717) is 24.3 Å². The van der Waals surface area contributed by atoms with Gasteiger partial charge < -0.3 is 14.2 Å². The number of esters is 3. The molecular formula is C27H37NO6. The van der Waals surface area contributed by atoms with Crippen LogP contribution in [0.15, 0.2) is 11.1 Å². The van der Waals surface area contributed by atoms with Gasteiger partial charge in [0.05, 0.1) is 18.4 Å². The fourth-order valence-corrected chi connectivity index (χ4v) is 10.0. The van der Waals surface area contributed by atoms with Gasteiger partial charge >= 0.3 is 17.9 Å². The molecule has 4 aliphatic carbocycles. The highest BCUT2D eigenvalue weighted by molar-refractivity contribution is 5.75. The van der Waals surface area contributed by atoms with E-state index in [9.17, 15) is 14.4 Å². The van der Waals surface area contributed by atoms with E-state index in [-0.39, 0.29) is 53.8 Å². The lowest BCUT2D eigenvalue weighted by atomic mass is 9.42. The van der Waals surface area contributed by atoms with Gasteiger partial charge in [-0.05, 0) is 62.2 Å². The zero-order valence-corrected chi connectivity index (χ0v) is 20.8. The normalized spacial score (nSPS) is 46.1. The molecule has 9 atom stereocenters. The van der Waals surface area contributed by atoms with Crippen molar-refractivity contribution in [1.82, 2.24) is 4.90 Å². The maximum atomic E-state index is 13.2. The van der Waals surface area contributed by atoms with Crippen molar-refractivity contribution in [1.29, 1.82) is 0 Å². The highest BCUT2D eigenvalue weighted by atomic mass is 16.6. The molecule has 4 bridgehead atoms. The first-order chi connectivity index (χ1) is 16.2. The summed E-state index contributed by atoms with van der Waals surface area (Å²) in [5, 5.41) is 0. The molecule has 1 spiro atoms. The Morgan fingerprint density at radius 2 is 1.85 bits per heavy atom. The van der Waals surface area contributed by atoms with E-state index < -0.39 is 5.41 Å². The molecule has 186 valence electrons. The van der Waals surface area contributed by atoms with Crippen LogP contribution in [0.25, 0.3) is 0 Å². The van der Waals surface area contributed by atoms with Crippen LogP contribution in [0.1, 0.15) is 59.3 Å². The van der Waals surface area contributed by atoms with Crippen molar-refractivity contribution in [2.45, 2.75) is 71.4 Å². The third-order valence-electron chi connectivity index (χ3n) is 10.8. The van der Waals surface area contributed by atoms with Gasteiger partial charge in [-0.1, -0.05) is 18.1 Å². The second kappa shape index (κ2) is 7.55. The van der Waals surface area contributed by atoms with Gasteiger partial charge in [-0.15, -0.1) is 0 Å². The molecule has 0 aromatic carbocycles. The molecule has 2 saturated carbocycles. The van der Waals surface area contributed by atoms with Crippen molar-refractivity contribution in [3.8, 4) is 0 Å². The van der Waals surface area contributed by atoms with Gasteiger partial charge in [-0.3, -0.25) is 19.3 Å². The quantitative estimate of drug-likeness (QED) is 0.354. The lowest BCUT2D eigenvalue weighted by Gasteiger charge is -2.67. The Morgan fingerprint density at radius 3 is 2.56 bits per heavy atom. The summed E-state index contributed by atoms with van der Waals surface area (Å²) >= 11 is 0. The predicted molar refractivity (Wildman–Crippen MR) is 122 cm³/mol. The Morgan fingerprint density at radius 1 is 1.09 bits per heavy atom. The summed E-state index contributed by atoms with van der Waals surface area (Å²) in [4.78, 5) is 40.5. The summed E-state index contributed by atoms with van der Waals surface area (Å²) in [6, 6.07) is 0.291. The Labute approximate surface area is 201 Å². The zero-order chi connectivity index (χ0) is 24.0. The first-order valence-electron chi connectivity index (χ1n) is 13.1. The minimum Gasteiger partial charge on any atom is -0.469 e. The van der Waals surface area contributed by atoms with Crippen LogP contribution in [0.3, 0.4) is 0 Å². The number of carbonyl (C=O) groups is 3. The number of hydrogen-bond donors (Lipinski definition) is 0. The van der Waals surface area contributed by atoms with Gasteiger partial charge in [-0.2, -0.15) is 0 Å². The summed E-state index contributed by atoms with van der Waals surface area (Å²) in [5.41, 5.74) is 2.15. The molecule has 0 aromatic rings. The summed E-state index contributed by atoms with van der Waals surface area (Å²) in [6.45, 7) is 7.53. The molecule has 0 N–H and O–H groups in total. The van der Waals surface area contributed by atoms with E-state index in [4.69, 9.17) is 14.2 Å². The molecule has 4 fully saturated rings. The number of hydrogen-bond acceptors (Lipinski definition) is 7. The summed E-state index contributed by atoms with van der Waals surface area (Å²) in [6.07, 6.45) is 5.27. The molecule has 6 rings (SSSR count). The summed E-state index contributed by atoms with van der Waals surface area (Å²) in [7, 11) is 1.49. The number of piperidine rings is 1. The van der Waals surface area contributed by atoms with Crippen LogP contribution < -0.4 is 0 Å². The van der Waals surface area contributed by atoms with Gasteiger partial charge in [0, 0.05) is 38.4 Å². The number of carbonyl (C=O) groups excluding carboxylic acids is 3. The maximum Gasteiger partial charge on any atom is 0.309 e. The zero-order valence-electron chi connectivity index (χ0n) is 20.8. The van der Waals surface area contributed by atoms with Crippen molar-refractivity contribution in [2.75, 3.05) is 26.8 Å². The summed E-state index contributed by atoms with van der Waals surface area (Å²) < 4.78 is 17.5. The van der Waals surface area contributed by atoms with Gasteiger partial charge in [0.25, 0.3) is 0 Å².